The smallest absolute Gasteiger partial charge is 0.321 e. The zero-order valence-electron chi connectivity index (χ0n) is 10.3. The summed E-state index contributed by atoms with van der Waals surface area (Å²) in [5.74, 6) is -0.605. The van der Waals surface area contributed by atoms with E-state index >= 15 is 0 Å². The van der Waals surface area contributed by atoms with Gasteiger partial charge in [-0.05, 0) is 30.5 Å². The molecule has 4 nitrogen and oxygen atoms in total. The van der Waals surface area contributed by atoms with E-state index in [4.69, 9.17) is 5.26 Å². The molecule has 0 radical (unpaired) electrons. The Morgan fingerprint density at radius 1 is 1.56 bits per heavy atom. The van der Waals surface area contributed by atoms with E-state index in [1.165, 1.54) is 0 Å². The number of carboxylic acid groups (broad SMARTS) is 1. The van der Waals surface area contributed by atoms with E-state index in [-0.39, 0.29) is 5.92 Å². The maximum absolute atomic E-state index is 11.3. The van der Waals surface area contributed by atoms with Crippen LogP contribution in [0.25, 0.3) is 0 Å². The molecule has 94 valence electrons. The van der Waals surface area contributed by atoms with Crippen molar-refractivity contribution < 1.29 is 9.90 Å². The van der Waals surface area contributed by atoms with E-state index in [1.54, 1.807) is 6.07 Å². The van der Waals surface area contributed by atoms with Gasteiger partial charge in [0.05, 0.1) is 11.6 Å². The van der Waals surface area contributed by atoms with Crippen LogP contribution in [0.3, 0.4) is 0 Å². The first kappa shape index (κ1) is 12.6. The number of likely N-dealkylation sites (tertiary alicyclic amines) is 1. The van der Waals surface area contributed by atoms with Gasteiger partial charge in [0.1, 0.15) is 6.04 Å². The van der Waals surface area contributed by atoms with Crippen LogP contribution in [0.15, 0.2) is 24.3 Å². The number of rotatable bonds is 3. The molecule has 1 aliphatic heterocycles. The van der Waals surface area contributed by atoms with Crippen molar-refractivity contribution in [2.75, 3.05) is 6.54 Å². The van der Waals surface area contributed by atoms with Gasteiger partial charge in [0.15, 0.2) is 0 Å². The van der Waals surface area contributed by atoms with Crippen LogP contribution >= 0.6 is 0 Å². The molecule has 2 unspecified atom stereocenters. The minimum Gasteiger partial charge on any atom is -0.480 e. The highest BCUT2D eigenvalue weighted by molar-refractivity contribution is 5.74. The van der Waals surface area contributed by atoms with Gasteiger partial charge in [0, 0.05) is 6.54 Å². The van der Waals surface area contributed by atoms with Crippen LogP contribution in [-0.2, 0) is 11.3 Å². The summed E-state index contributed by atoms with van der Waals surface area (Å²) in [6.07, 6.45) is 0.895. The monoisotopic (exact) mass is 244 g/mol. The van der Waals surface area contributed by atoms with E-state index in [2.05, 4.69) is 6.07 Å². The molecule has 18 heavy (non-hydrogen) atoms. The molecule has 4 heteroatoms. The molecule has 0 spiro atoms. The SMILES string of the molecule is CC1CCN(Cc2ccccc2C#N)C1C(=O)O. The highest BCUT2D eigenvalue weighted by Gasteiger charge is 2.36. The van der Waals surface area contributed by atoms with Gasteiger partial charge in [0.25, 0.3) is 0 Å². The number of benzene rings is 1. The number of nitriles is 1. The van der Waals surface area contributed by atoms with Crippen LogP contribution in [0.2, 0.25) is 0 Å². The second kappa shape index (κ2) is 5.19. The van der Waals surface area contributed by atoms with Crippen LogP contribution in [0.4, 0.5) is 0 Å². The maximum atomic E-state index is 11.3. The number of carboxylic acids is 1. The van der Waals surface area contributed by atoms with Crippen molar-refractivity contribution in [1.29, 1.82) is 5.26 Å². The number of nitrogens with zero attached hydrogens (tertiary/aromatic N) is 2. The Labute approximate surface area is 106 Å². The molecule has 1 fully saturated rings. The van der Waals surface area contributed by atoms with E-state index in [9.17, 15) is 9.90 Å². The average Bonchev–Trinajstić information content (AvgIpc) is 2.71. The molecule has 1 aromatic carbocycles. The van der Waals surface area contributed by atoms with E-state index in [1.807, 2.05) is 30.0 Å². The molecule has 1 N–H and O–H groups in total. The summed E-state index contributed by atoms with van der Waals surface area (Å²) in [5.41, 5.74) is 1.53. The van der Waals surface area contributed by atoms with E-state index < -0.39 is 12.0 Å². The summed E-state index contributed by atoms with van der Waals surface area (Å²) in [5, 5.41) is 18.3. The first-order valence-corrected chi connectivity index (χ1v) is 6.08. The topological polar surface area (TPSA) is 64.3 Å². The normalized spacial score (nSPS) is 23.8. The van der Waals surface area contributed by atoms with Crippen molar-refractivity contribution in [3.05, 3.63) is 35.4 Å². The fourth-order valence-electron chi connectivity index (χ4n) is 2.59. The lowest BCUT2D eigenvalue weighted by Gasteiger charge is -2.23. The number of aliphatic carboxylic acids is 1. The van der Waals surface area contributed by atoms with Crippen LogP contribution in [-0.4, -0.2) is 28.6 Å². The van der Waals surface area contributed by atoms with Gasteiger partial charge in [-0.1, -0.05) is 25.1 Å². The van der Waals surface area contributed by atoms with Crippen LogP contribution in [0.1, 0.15) is 24.5 Å². The minimum absolute atomic E-state index is 0.164. The summed E-state index contributed by atoms with van der Waals surface area (Å²) in [4.78, 5) is 13.2. The van der Waals surface area contributed by atoms with Crippen molar-refractivity contribution in [2.24, 2.45) is 5.92 Å². The Kier molecular flexibility index (Phi) is 3.63. The average molecular weight is 244 g/mol. The Bertz CT molecular complexity index is 493. The molecular formula is C14H16N2O2. The van der Waals surface area contributed by atoms with Gasteiger partial charge in [0.2, 0.25) is 0 Å². The molecule has 1 aromatic rings. The number of hydrogen-bond donors (Lipinski definition) is 1. The fraction of sp³-hybridized carbons (Fsp3) is 0.429. The maximum Gasteiger partial charge on any atom is 0.321 e. The molecule has 0 saturated carbocycles. The Balaban J connectivity index is 2.19. The Morgan fingerprint density at radius 3 is 2.94 bits per heavy atom. The largest absolute Gasteiger partial charge is 0.480 e. The number of hydrogen-bond acceptors (Lipinski definition) is 3. The van der Waals surface area contributed by atoms with Crippen molar-refractivity contribution >= 4 is 5.97 Å². The van der Waals surface area contributed by atoms with E-state index in [0.717, 1.165) is 18.5 Å². The van der Waals surface area contributed by atoms with E-state index in [0.29, 0.717) is 12.1 Å². The van der Waals surface area contributed by atoms with Gasteiger partial charge >= 0.3 is 5.97 Å². The summed E-state index contributed by atoms with van der Waals surface area (Å²) in [7, 11) is 0. The molecule has 1 aliphatic rings. The van der Waals surface area contributed by atoms with Crippen LogP contribution in [0, 0.1) is 17.2 Å². The molecule has 1 saturated heterocycles. The predicted molar refractivity (Wildman–Crippen MR) is 66.8 cm³/mol. The zero-order valence-corrected chi connectivity index (χ0v) is 10.3. The molecular weight excluding hydrogens is 228 g/mol. The lowest BCUT2D eigenvalue weighted by atomic mass is 10.0. The molecule has 0 amide bonds. The lowest BCUT2D eigenvalue weighted by molar-refractivity contribution is -0.143. The third-order valence-corrected chi connectivity index (χ3v) is 3.57. The molecule has 2 rings (SSSR count). The highest BCUT2D eigenvalue weighted by atomic mass is 16.4. The summed E-state index contributed by atoms with van der Waals surface area (Å²) in [6.45, 7) is 3.28. The molecule has 0 bridgehead atoms. The van der Waals surface area contributed by atoms with Gasteiger partial charge in [-0.25, -0.2) is 0 Å². The third kappa shape index (κ3) is 2.36. The van der Waals surface area contributed by atoms with Gasteiger partial charge < -0.3 is 5.11 Å². The zero-order chi connectivity index (χ0) is 13.1. The minimum atomic E-state index is -0.769. The summed E-state index contributed by atoms with van der Waals surface area (Å²) < 4.78 is 0. The van der Waals surface area contributed by atoms with Crippen molar-refractivity contribution in [3.8, 4) is 6.07 Å². The molecule has 0 aliphatic carbocycles. The predicted octanol–water partition coefficient (Wildman–Crippen LogP) is 1.85. The summed E-state index contributed by atoms with van der Waals surface area (Å²) in [6, 6.07) is 9.08. The quantitative estimate of drug-likeness (QED) is 0.881. The first-order valence-electron chi connectivity index (χ1n) is 6.08. The lowest BCUT2D eigenvalue weighted by Crippen LogP contribution is -2.38. The van der Waals surface area contributed by atoms with Gasteiger partial charge in [-0.3, -0.25) is 9.69 Å². The second-order valence-corrected chi connectivity index (χ2v) is 4.79. The third-order valence-electron chi connectivity index (χ3n) is 3.57. The Morgan fingerprint density at radius 2 is 2.28 bits per heavy atom. The molecule has 2 atom stereocenters. The van der Waals surface area contributed by atoms with Crippen molar-refractivity contribution in [3.63, 3.8) is 0 Å². The molecule has 1 heterocycles. The van der Waals surface area contributed by atoms with Crippen LogP contribution < -0.4 is 0 Å². The standard InChI is InChI=1S/C14H16N2O2/c1-10-6-7-16(13(10)14(17)18)9-12-5-3-2-4-11(12)8-15/h2-5,10,13H,6-7,9H2,1H3,(H,17,18). The Hall–Kier alpha value is -1.86. The van der Waals surface area contributed by atoms with Gasteiger partial charge in [-0.2, -0.15) is 5.26 Å². The van der Waals surface area contributed by atoms with Crippen LogP contribution in [0.5, 0.6) is 0 Å². The van der Waals surface area contributed by atoms with Crippen molar-refractivity contribution in [2.45, 2.75) is 25.9 Å². The first-order chi connectivity index (χ1) is 8.63. The van der Waals surface area contributed by atoms with Crippen molar-refractivity contribution in [1.82, 2.24) is 4.90 Å². The number of carbonyl (C=O) groups is 1. The second-order valence-electron chi connectivity index (χ2n) is 4.79. The fourth-order valence-corrected chi connectivity index (χ4v) is 2.59. The summed E-state index contributed by atoms with van der Waals surface area (Å²) >= 11 is 0. The highest BCUT2D eigenvalue weighted by Crippen LogP contribution is 2.26. The van der Waals surface area contributed by atoms with Gasteiger partial charge in [-0.15, -0.1) is 0 Å². The molecule has 0 aromatic heterocycles.